The minimum absolute atomic E-state index is 0.0683. The maximum atomic E-state index is 12.0. The molecular formula is C15H28O4. The van der Waals surface area contributed by atoms with E-state index in [1.165, 1.54) is 0 Å². The van der Waals surface area contributed by atoms with Crippen molar-refractivity contribution in [3.8, 4) is 0 Å². The van der Waals surface area contributed by atoms with Crippen molar-refractivity contribution in [3.05, 3.63) is 0 Å². The fraction of sp³-hybridized carbons (Fsp3) is 0.933. The van der Waals surface area contributed by atoms with E-state index in [0.717, 1.165) is 12.8 Å². The lowest BCUT2D eigenvalue weighted by Gasteiger charge is -2.40. The number of Topliss-reactive ketones (excluding diaryl/α,β-unsaturated/α-hetero) is 1. The fourth-order valence-electron chi connectivity index (χ4n) is 2.40. The minimum atomic E-state index is -0.624. The van der Waals surface area contributed by atoms with Gasteiger partial charge < -0.3 is 14.6 Å². The van der Waals surface area contributed by atoms with Crippen LogP contribution in [0.1, 0.15) is 60.3 Å². The maximum absolute atomic E-state index is 12.0. The molecule has 1 N–H and O–H groups in total. The number of hydrogen-bond acceptors (Lipinski definition) is 4. The molecule has 0 radical (unpaired) electrons. The Bertz CT molecular complexity index is 299. The number of aliphatic hydroxyl groups excluding tert-OH is 1. The van der Waals surface area contributed by atoms with Gasteiger partial charge in [-0.25, -0.2) is 0 Å². The second-order valence-corrected chi connectivity index (χ2v) is 6.28. The summed E-state index contributed by atoms with van der Waals surface area (Å²) in [6, 6.07) is 0. The molecule has 0 spiro atoms. The van der Waals surface area contributed by atoms with E-state index in [0.29, 0.717) is 6.42 Å². The van der Waals surface area contributed by atoms with Crippen molar-refractivity contribution in [1.82, 2.24) is 0 Å². The summed E-state index contributed by atoms with van der Waals surface area (Å²) >= 11 is 0. The van der Waals surface area contributed by atoms with Crippen LogP contribution in [0.2, 0.25) is 0 Å². The van der Waals surface area contributed by atoms with E-state index in [9.17, 15) is 9.90 Å². The van der Waals surface area contributed by atoms with E-state index in [2.05, 4.69) is 6.92 Å². The largest absolute Gasteiger partial charge is 0.392 e. The van der Waals surface area contributed by atoms with Gasteiger partial charge in [-0.05, 0) is 26.2 Å². The molecule has 1 rings (SSSR count). The average molecular weight is 272 g/mol. The van der Waals surface area contributed by atoms with Crippen LogP contribution in [0.3, 0.4) is 0 Å². The monoisotopic (exact) mass is 272 g/mol. The molecule has 0 aromatic carbocycles. The molecule has 0 saturated carbocycles. The van der Waals surface area contributed by atoms with Crippen molar-refractivity contribution in [2.75, 3.05) is 0 Å². The highest BCUT2D eigenvalue weighted by Gasteiger charge is 2.35. The molecule has 1 aliphatic rings. The van der Waals surface area contributed by atoms with Crippen molar-refractivity contribution in [1.29, 1.82) is 0 Å². The first-order chi connectivity index (χ1) is 8.73. The third-order valence-corrected chi connectivity index (χ3v) is 3.54. The molecule has 19 heavy (non-hydrogen) atoms. The Labute approximate surface area is 116 Å². The Morgan fingerprint density at radius 3 is 2.42 bits per heavy atom. The van der Waals surface area contributed by atoms with Crippen LogP contribution in [0.5, 0.6) is 0 Å². The first-order valence-corrected chi connectivity index (χ1v) is 7.29. The highest BCUT2D eigenvalue weighted by atomic mass is 16.7. The predicted molar refractivity (Wildman–Crippen MR) is 73.8 cm³/mol. The average Bonchev–Trinajstić information content (AvgIpc) is 2.26. The van der Waals surface area contributed by atoms with Gasteiger partial charge in [-0.15, -0.1) is 0 Å². The first kappa shape index (κ1) is 16.6. The summed E-state index contributed by atoms with van der Waals surface area (Å²) in [6.45, 7) is 9.68. The molecule has 1 heterocycles. The molecule has 112 valence electrons. The molecule has 0 amide bonds. The zero-order valence-electron chi connectivity index (χ0n) is 12.8. The lowest BCUT2D eigenvalue weighted by Crippen LogP contribution is -2.45. The Hall–Kier alpha value is -0.450. The standard InChI is InChI=1S/C15H28O4/c1-6-12-9-13(19-15(4,5)18-12)7-11(16)8-14(17)10(2)3/h10,12-14,17H,6-9H2,1-5H3/t12-,13-,14-/m1/s1. The van der Waals surface area contributed by atoms with E-state index in [-0.39, 0.29) is 30.3 Å². The number of aliphatic hydroxyl groups is 1. The number of ketones is 1. The molecule has 3 atom stereocenters. The van der Waals surface area contributed by atoms with Crippen LogP contribution < -0.4 is 0 Å². The number of rotatable bonds is 6. The molecule has 1 aliphatic heterocycles. The van der Waals surface area contributed by atoms with Crippen molar-refractivity contribution in [2.45, 2.75) is 84.4 Å². The highest BCUT2D eigenvalue weighted by Crippen LogP contribution is 2.30. The third-order valence-electron chi connectivity index (χ3n) is 3.54. The molecule has 4 nitrogen and oxygen atoms in total. The van der Waals surface area contributed by atoms with Crippen LogP contribution in [0.4, 0.5) is 0 Å². The van der Waals surface area contributed by atoms with Crippen LogP contribution >= 0.6 is 0 Å². The van der Waals surface area contributed by atoms with Gasteiger partial charge in [0.05, 0.1) is 18.3 Å². The first-order valence-electron chi connectivity index (χ1n) is 7.29. The lowest BCUT2D eigenvalue weighted by molar-refractivity contribution is -0.299. The normalized spacial score (nSPS) is 28.4. The summed E-state index contributed by atoms with van der Waals surface area (Å²) in [5, 5.41) is 9.74. The second kappa shape index (κ2) is 6.82. The Morgan fingerprint density at radius 2 is 1.89 bits per heavy atom. The van der Waals surface area contributed by atoms with Crippen molar-refractivity contribution >= 4 is 5.78 Å². The summed E-state index contributed by atoms with van der Waals surface area (Å²) in [5.41, 5.74) is 0. The number of carbonyl (C=O) groups excluding carboxylic acids is 1. The maximum Gasteiger partial charge on any atom is 0.163 e. The minimum Gasteiger partial charge on any atom is -0.392 e. The topological polar surface area (TPSA) is 55.8 Å². The van der Waals surface area contributed by atoms with Gasteiger partial charge in [-0.1, -0.05) is 20.8 Å². The second-order valence-electron chi connectivity index (χ2n) is 6.28. The molecule has 0 aromatic heterocycles. The zero-order chi connectivity index (χ0) is 14.6. The quantitative estimate of drug-likeness (QED) is 0.807. The van der Waals surface area contributed by atoms with E-state index < -0.39 is 11.9 Å². The number of hydrogen-bond donors (Lipinski definition) is 1. The molecule has 4 heteroatoms. The number of ether oxygens (including phenoxy) is 2. The third kappa shape index (κ3) is 5.59. The molecule has 1 saturated heterocycles. The summed E-state index contributed by atoms with van der Waals surface area (Å²) in [6.07, 6.45) is 1.76. The molecule has 0 bridgehead atoms. The SMILES string of the molecule is CC[C@@H]1C[C@@H](CC(=O)C[C@@H](O)C(C)C)OC(C)(C)O1. The van der Waals surface area contributed by atoms with Crippen molar-refractivity contribution in [3.63, 3.8) is 0 Å². The van der Waals surface area contributed by atoms with E-state index >= 15 is 0 Å². The Kier molecular flexibility index (Phi) is 5.96. The highest BCUT2D eigenvalue weighted by molar-refractivity contribution is 5.79. The van der Waals surface area contributed by atoms with Gasteiger partial charge in [0, 0.05) is 19.3 Å². The molecule has 0 aromatic rings. The molecule has 1 fully saturated rings. The van der Waals surface area contributed by atoms with Crippen molar-refractivity contribution < 1.29 is 19.4 Å². The van der Waals surface area contributed by atoms with Gasteiger partial charge in [0.25, 0.3) is 0 Å². The van der Waals surface area contributed by atoms with E-state index in [1.54, 1.807) is 0 Å². The Balaban J connectivity index is 2.49. The van der Waals surface area contributed by atoms with Crippen LogP contribution in [0.15, 0.2) is 0 Å². The summed E-state index contributed by atoms with van der Waals surface area (Å²) in [7, 11) is 0. The fourth-order valence-corrected chi connectivity index (χ4v) is 2.40. The zero-order valence-corrected chi connectivity index (χ0v) is 12.8. The summed E-state index contributed by atoms with van der Waals surface area (Å²) in [4.78, 5) is 12.0. The Morgan fingerprint density at radius 1 is 1.32 bits per heavy atom. The molecule has 0 aliphatic carbocycles. The van der Waals surface area contributed by atoms with Crippen molar-refractivity contribution in [2.24, 2.45) is 5.92 Å². The van der Waals surface area contributed by atoms with Crippen LogP contribution in [-0.4, -0.2) is 35.0 Å². The van der Waals surface area contributed by atoms with Gasteiger partial charge in [0.15, 0.2) is 5.79 Å². The van der Waals surface area contributed by atoms with Gasteiger partial charge >= 0.3 is 0 Å². The number of carbonyl (C=O) groups is 1. The van der Waals surface area contributed by atoms with Gasteiger partial charge in [0.1, 0.15) is 5.78 Å². The summed E-state index contributed by atoms with van der Waals surface area (Å²) in [5.74, 6) is -0.446. The van der Waals surface area contributed by atoms with Crippen LogP contribution in [0, 0.1) is 5.92 Å². The van der Waals surface area contributed by atoms with Crippen LogP contribution in [-0.2, 0) is 14.3 Å². The molecule has 0 unspecified atom stereocenters. The van der Waals surface area contributed by atoms with Gasteiger partial charge in [0.2, 0.25) is 0 Å². The van der Waals surface area contributed by atoms with Gasteiger partial charge in [-0.3, -0.25) is 4.79 Å². The van der Waals surface area contributed by atoms with E-state index in [4.69, 9.17) is 9.47 Å². The predicted octanol–water partition coefficient (Wildman–Crippen LogP) is 2.67. The molecular weight excluding hydrogens is 244 g/mol. The van der Waals surface area contributed by atoms with Gasteiger partial charge in [-0.2, -0.15) is 0 Å². The summed E-state index contributed by atoms with van der Waals surface area (Å²) < 4.78 is 11.6. The van der Waals surface area contributed by atoms with Crippen LogP contribution in [0.25, 0.3) is 0 Å². The lowest BCUT2D eigenvalue weighted by atomic mass is 9.96. The van der Waals surface area contributed by atoms with E-state index in [1.807, 2.05) is 27.7 Å². The smallest absolute Gasteiger partial charge is 0.163 e.